The van der Waals surface area contributed by atoms with Crippen LogP contribution in [0.2, 0.25) is 0 Å². The first-order chi connectivity index (χ1) is 16.8. The average molecular weight is 506 g/mol. The Morgan fingerprint density at radius 2 is 1.86 bits per heavy atom. The Bertz CT molecular complexity index is 1140. The predicted molar refractivity (Wildman–Crippen MR) is 131 cm³/mol. The molecule has 10 heteroatoms. The van der Waals surface area contributed by atoms with E-state index in [1.54, 1.807) is 0 Å². The van der Waals surface area contributed by atoms with E-state index in [2.05, 4.69) is 17.1 Å². The molecule has 2 aliphatic heterocycles. The zero-order chi connectivity index (χ0) is 24.8. The summed E-state index contributed by atoms with van der Waals surface area (Å²) in [5.41, 5.74) is 0.0671. The molecule has 1 saturated heterocycles. The number of hydrogen-bond donors (Lipinski definition) is 1. The first kappa shape index (κ1) is 25.2. The summed E-state index contributed by atoms with van der Waals surface area (Å²) >= 11 is 0. The van der Waals surface area contributed by atoms with Crippen LogP contribution in [0.5, 0.6) is 11.5 Å². The van der Waals surface area contributed by atoms with Gasteiger partial charge in [-0.15, -0.1) is 0 Å². The number of fused-ring (bicyclic) bond motifs is 1. The number of carbonyl (C=O) groups is 1. The van der Waals surface area contributed by atoms with Gasteiger partial charge in [0.1, 0.15) is 25.6 Å². The van der Waals surface area contributed by atoms with E-state index in [1.807, 2.05) is 0 Å². The van der Waals surface area contributed by atoms with Crippen molar-refractivity contribution in [3.8, 4) is 11.5 Å². The minimum atomic E-state index is -4.19. The largest absolute Gasteiger partial charge is 0.486 e. The van der Waals surface area contributed by atoms with E-state index in [4.69, 9.17) is 9.47 Å². The highest BCUT2D eigenvalue weighted by Crippen LogP contribution is 2.34. The number of nitrogens with one attached hydrogen (secondary N) is 1. The molecule has 0 aromatic heterocycles. The predicted octanol–water partition coefficient (Wildman–Crippen LogP) is 3.03. The van der Waals surface area contributed by atoms with Gasteiger partial charge in [0.05, 0.1) is 10.6 Å². The Hall–Kier alpha value is -2.85. The number of benzene rings is 2. The molecule has 0 aliphatic carbocycles. The molecule has 1 N–H and O–H groups in total. The summed E-state index contributed by atoms with van der Waals surface area (Å²) < 4.78 is 53.0. The SMILES string of the molecule is CC1CCN(CCCNC(=O)CN(c2cccc(F)c2)S(=O)(=O)c2ccc3c(c2)OCCO3)CC1. The fraction of sp³-hybridized carbons (Fsp3) is 0.480. The highest BCUT2D eigenvalue weighted by Gasteiger charge is 2.29. The molecule has 0 unspecified atom stereocenters. The smallest absolute Gasteiger partial charge is 0.264 e. The topological polar surface area (TPSA) is 88.2 Å². The van der Waals surface area contributed by atoms with Crippen LogP contribution in [-0.4, -0.2) is 65.2 Å². The number of rotatable bonds is 9. The minimum absolute atomic E-state index is 0.0671. The number of ether oxygens (including phenoxy) is 2. The highest BCUT2D eigenvalue weighted by atomic mass is 32.2. The number of amides is 1. The second-order valence-electron chi connectivity index (χ2n) is 9.02. The molecule has 1 fully saturated rings. The maximum absolute atomic E-state index is 14.0. The molecular weight excluding hydrogens is 473 g/mol. The Kier molecular flexibility index (Phi) is 8.12. The molecule has 0 atom stereocenters. The van der Waals surface area contributed by atoms with Crippen molar-refractivity contribution in [2.24, 2.45) is 5.92 Å². The van der Waals surface area contributed by atoms with E-state index in [0.717, 1.165) is 42.3 Å². The van der Waals surface area contributed by atoms with Gasteiger partial charge in [0.25, 0.3) is 10.0 Å². The zero-order valence-electron chi connectivity index (χ0n) is 19.9. The number of nitrogens with zero attached hydrogens (tertiary/aromatic N) is 2. The lowest BCUT2D eigenvalue weighted by molar-refractivity contribution is -0.119. The number of carbonyl (C=O) groups excluding carboxylic acids is 1. The van der Waals surface area contributed by atoms with Gasteiger partial charge >= 0.3 is 0 Å². The summed E-state index contributed by atoms with van der Waals surface area (Å²) in [5.74, 6) is 0.473. The molecule has 2 aromatic rings. The number of hydrogen-bond acceptors (Lipinski definition) is 6. The second kappa shape index (κ2) is 11.3. The number of halogens is 1. The van der Waals surface area contributed by atoms with Gasteiger partial charge in [-0.3, -0.25) is 9.10 Å². The Balaban J connectivity index is 1.44. The molecule has 4 rings (SSSR count). The lowest BCUT2D eigenvalue weighted by Gasteiger charge is -2.30. The Labute approximate surface area is 206 Å². The van der Waals surface area contributed by atoms with Gasteiger partial charge in [0.2, 0.25) is 5.91 Å². The van der Waals surface area contributed by atoms with Crippen LogP contribution in [-0.2, 0) is 14.8 Å². The molecule has 0 bridgehead atoms. The average Bonchev–Trinajstić information content (AvgIpc) is 2.86. The second-order valence-corrected chi connectivity index (χ2v) is 10.9. The van der Waals surface area contributed by atoms with E-state index in [0.29, 0.717) is 31.3 Å². The monoisotopic (exact) mass is 505 g/mol. The van der Waals surface area contributed by atoms with Crippen molar-refractivity contribution in [3.05, 3.63) is 48.3 Å². The molecule has 2 heterocycles. The maximum Gasteiger partial charge on any atom is 0.264 e. The van der Waals surface area contributed by atoms with Crippen molar-refractivity contribution in [1.82, 2.24) is 10.2 Å². The van der Waals surface area contributed by atoms with Crippen molar-refractivity contribution in [2.45, 2.75) is 31.1 Å². The van der Waals surface area contributed by atoms with E-state index >= 15 is 0 Å². The Morgan fingerprint density at radius 3 is 2.60 bits per heavy atom. The standard InChI is InChI=1S/C25H32FN3O5S/c1-19-8-12-28(13-9-19)11-3-10-27-25(30)18-29(21-5-2-4-20(26)16-21)35(31,32)22-6-7-23-24(17-22)34-15-14-33-23/h2,4-7,16-17,19H,3,8-15,18H2,1H3,(H,27,30). The van der Waals surface area contributed by atoms with Crippen LogP contribution in [0, 0.1) is 11.7 Å². The summed E-state index contributed by atoms with van der Waals surface area (Å²) in [6.45, 7) is 5.94. The third kappa shape index (κ3) is 6.43. The van der Waals surface area contributed by atoms with Gasteiger partial charge in [-0.1, -0.05) is 13.0 Å². The molecule has 0 saturated carbocycles. The third-order valence-corrected chi connectivity index (χ3v) is 8.10. The number of likely N-dealkylation sites (tertiary alicyclic amines) is 1. The lowest BCUT2D eigenvalue weighted by Crippen LogP contribution is -2.42. The van der Waals surface area contributed by atoms with Crippen LogP contribution >= 0.6 is 0 Å². The molecule has 1 amide bonds. The van der Waals surface area contributed by atoms with Crippen LogP contribution in [0.1, 0.15) is 26.2 Å². The van der Waals surface area contributed by atoms with Gasteiger partial charge < -0.3 is 19.7 Å². The van der Waals surface area contributed by atoms with Gasteiger partial charge in [0.15, 0.2) is 11.5 Å². The zero-order valence-corrected chi connectivity index (χ0v) is 20.7. The third-order valence-electron chi connectivity index (χ3n) is 6.33. The van der Waals surface area contributed by atoms with E-state index in [9.17, 15) is 17.6 Å². The number of sulfonamides is 1. The van der Waals surface area contributed by atoms with E-state index in [-0.39, 0.29) is 10.6 Å². The fourth-order valence-corrected chi connectivity index (χ4v) is 5.69. The molecule has 8 nitrogen and oxygen atoms in total. The molecular formula is C25H32FN3O5S. The van der Waals surface area contributed by atoms with Gasteiger partial charge in [0, 0.05) is 12.6 Å². The molecule has 0 spiro atoms. The van der Waals surface area contributed by atoms with Gasteiger partial charge in [-0.25, -0.2) is 12.8 Å². The van der Waals surface area contributed by atoms with E-state index < -0.39 is 28.3 Å². The number of anilines is 1. The summed E-state index contributed by atoms with van der Waals surface area (Å²) in [4.78, 5) is 15.1. The van der Waals surface area contributed by atoms with Crippen molar-refractivity contribution < 1.29 is 27.1 Å². The highest BCUT2D eigenvalue weighted by molar-refractivity contribution is 7.92. The van der Waals surface area contributed by atoms with Crippen LogP contribution < -0.4 is 19.1 Å². The van der Waals surface area contributed by atoms with Crippen LogP contribution in [0.3, 0.4) is 0 Å². The number of piperidine rings is 1. The Morgan fingerprint density at radius 1 is 1.11 bits per heavy atom. The van der Waals surface area contributed by atoms with E-state index in [1.165, 1.54) is 49.2 Å². The normalized spacial score (nSPS) is 16.6. The summed E-state index contributed by atoms with van der Waals surface area (Å²) in [6.07, 6.45) is 3.15. The van der Waals surface area contributed by atoms with Crippen molar-refractivity contribution in [2.75, 3.05) is 50.2 Å². The summed E-state index contributed by atoms with van der Waals surface area (Å²) in [5, 5.41) is 2.81. The first-order valence-corrected chi connectivity index (χ1v) is 13.4. The summed E-state index contributed by atoms with van der Waals surface area (Å²) in [7, 11) is -4.19. The maximum atomic E-state index is 14.0. The fourth-order valence-electron chi connectivity index (χ4n) is 4.26. The van der Waals surface area contributed by atoms with Crippen LogP contribution in [0.25, 0.3) is 0 Å². The molecule has 0 radical (unpaired) electrons. The van der Waals surface area contributed by atoms with Gasteiger partial charge in [-0.2, -0.15) is 0 Å². The molecule has 2 aromatic carbocycles. The first-order valence-electron chi connectivity index (χ1n) is 12.0. The van der Waals surface area contributed by atoms with Crippen molar-refractivity contribution in [3.63, 3.8) is 0 Å². The van der Waals surface area contributed by atoms with Crippen LogP contribution in [0.4, 0.5) is 10.1 Å². The summed E-state index contributed by atoms with van der Waals surface area (Å²) in [6, 6.07) is 9.48. The molecule has 190 valence electrons. The minimum Gasteiger partial charge on any atom is -0.486 e. The molecule has 35 heavy (non-hydrogen) atoms. The quantitative estimate of drug-likeness (QED) is 0.527. The van der Waals surface area contributed by atoms with Gasteiger partial charge in [-0.05, 0) is 75.1 Å². The molecule has 2 aliphatic rings. The van der Waals surface area contributed by atoms with Crippen molar-refractivity contribution in [1.29, 1.82) is 0 Å². The van der Waals surface area contributed by atoms with Crippen molar-refractivity contribution >= 4 is 21.6 Å². The lowest BCUT2D eigenvalue weighted by atomic mass is 9.99. The van der Waals surface area contributed by atoms with Crippen LogP contribution in [0.15, 0.2) is 47.4 Å².